The van der Waals surface area contributed by atoms with E-state index in [1.165, 1.54) is 6.07 Å². The van der Waals surface area contributed by atoms with E-state index in [4.69, 9.17) is 4.74 Å². The lowest BCUT2D eigenvalue weighted by Crippen LogP contribution is -2.27. The van der Waals surface area contributed by atoms with E-state index in [1.807, 2.05) is 49.3 Å². The lowest BCUT2D eigenvalue weighted by Gasteiger charge is -2.19. The number of nitro groups is 1. The quantitative estimate of drug-likeness (QED) is 0.629. The molecule has 0 fully saturated rings. The zero-order chi connectivity index (χ0) is 15.9. The molecule has 0 saturated heterocycles. The van der Waals surface area contributed by atoms with Crippen molar-refractivity contribution in [1.82, 2.24) is 5.32 Å². The highest BCUT2D eigenvalue weighted by Gasteiger charge is 2.18. The molecule has 0 aliphatic carbocycles. The first kappa shape index (κ1) is 15.8. The second-order valence-electron chi connectivity index (χ2n) is 4.85. The molecular weight excluding hydrogens is 282 g/mol. The zero-order valence-electron chi connectivity index (χ0n) is 12.7. The van der Waals surface area contributed by atoms with Crippen LogP contribution in [0.2, 0.25) is 0 Å². The molecule has 22 heavy (non-hydrogen) atoms. The Bertz CT molecular complexity index is 632. The molecule has 0 atom stereocenters. The fourth-order valence-electron chi connectivity index (χ4n) is 2.05. The number of hydrogen-bond acceptors (Lipinski definition) is 5. The van der Waals surface area contributed by atoms with Crippen molar-refractivity contribution in [2.24, 2.45) is 0 Å². The van der Waals surface area contributed by atoms with E-state index in [0.29, 0.717) is 23.7 Å². The van der Waals surface area contributed by atoms with Crippen molar-refractivity contribution >= 4 is 11.4 Å². The topological polar surface area (TPSA) is 67.6 Å². The fourth-order valence-corrected chi connectivity index (χ4v) is 2.05. The van der Waals surface area contributed by atoms with Crippen molar-refractivity contribution in [3.05, 3.63) is 58.6 Å². The molecule has 0 radical (unpaired) electrons. The Labute approximate surface area is 129 Å². The minimum atomic E-state index is -0.377. The largest absolute Gasteiger partial charge is 0.457 e. The third-order valence-corrected chi connectivity index (χ3v) is 3.23. The lowest BCUT2D eigenvalue weighted by atomic mass is 10.2. The Morgan fingerprint density at radius 1 is 1.18 bits per heavy atom. The van der Waals surface area contributed by atoms with Crippen molar-refractivity contribution in [2.75, 3.05) is 32.1 Å². The molecule has 116 valence electrons. The average molecular weight is 301 g/mol. The number of nitrogens with one attached hydrogen (secondary N) is 1. The number of likely N-dealkylation sites (N-methyl/N-ethyl adjacent to an activating group) is 2. The molecule has 0 aromatic heterocycles. The van der Waals surface area contributed by atoms with Crippen molar-refractivity contribution < 1.29 is 9.66 Å². The number of nitro benzene ring substituents is 1. The summed E-state index contributed by atoms with van der Waals surface area (Å²) in [5, 5.41) is 14.2. The van der Waals surface area contributed by atoms with E-state index in [1.54, 1.807) is 12.1 Å². The molecule has 6 heteroatoms. The number of ether oxygens (including phenoxy) is 1. The first-order chi connectivity index (χ1) is 10.6. The molecule has 6 nitrogen and oxygen atoms in total. The molecule has 0 heterocycles. The van der Waals surface area contributed by atoms with Crippen LogP contribution in [0.15, 0.2) is 48.5 Å². The van der Waals surface area contributed by atoms with Gasteiger partial charge in [-0.2, -0.15) is 0 Å². The number of anilines is 1. The molecule has 2 rings (SSSR count). The average Bonchev–Trinajstić information content (AvgIpc) is 2.53. The summed E-state index contributed by atoms with van der Waals surface area (Å²) in [7, 11) is 3.67. The highest BCUT2D eigenvalue weighted by Crippen LogP contribution is 2.33. The number of rotatable bonds is 7. The standard InChI is InChI=1S/C16H19N3O3/c1-17-10-11-18(2)16-12-14(8-9-15(16)19(20)21)22-13-6-4-3-5-7-13/h3-9,12,17H,10-11H2,1-2H3. The molecule has 2 aromatic rings. The minimum Gasteiger partial charge on any atom is -0.457 e. The summed E-state index contributed by atoms with van der Waals surface area (Å²) >= 11 is 0. The van der Waals surface area contributed by atoms with E-state index >= 15 is 0 Å². The van der Waals surface area contributed by atoms with Crippen LogP contribution in [0, 0.1) is 10.1 Å². The maximum atomic E-state index is 11.2. The zero-order valence-corrected chi connectivity index (χ0v) is 12.7. The van der Waals surface area contributed by atoms with Gasteiger partial charge in [0.2, 0.25) is 0 Å². The predicted molar refractivity (Wildman–Crippen MR) is 86.8 cm³/mol. The molecule has 0 aliphatic rings. The van der Waals surface area contributed by atoms with Crippen molar-refractivity contribution in [2.45, 2.75) is 0 Å². The Hall–Kier alpha value is -2.60. The van der Waals surface area contributed by atoms with Gasteiger partial charge in [0.15, 0.2) is 0 Å². The van der Waals surface area contributed by atoms with E-state index in [9.17, 15) is 10.1 Å². The molecule has 1 N–H and O–H groups in total. The predicted octanol–water partition coefficient (Wildman–Crippen LogP) is 3.04. The van der Waals surface area contributed by atoms with E-state index in [0.717, 1.165) is 6.54 Å². The number of nitrogens with zero attached hydrogens (tertiary/aromatic N) is 2. The molecule has 0 amide bonds. The van der Waals surface area contributed by atoms with E-state index in [-0.39, 0.29) is 10.6 Å². The number of para-hydroxylation sites is 1. The van der Waals surface area contributed by atoms with Gasteiger partial charge in [-0.3, -0.25) is 10.1 Å². The number of hydrogen-bond donors (Lipinski definition) is 1. The molecule has 0 spiro atoms. The monoisotopic (exact) mass is 301 g/mol. The highest BCUT2D eigenvalue weighted by molar-refractivity contribution is 5.65. The van der Waals surface area contributed by atoms with Crippen LogP contribution in [-0.4, -0.2) is 32.1 Å². The molecule has 0 unspecified atom stereocenters. The van der Waals surface area contributed by atoms with Gasteiger partial charge in [0, 0.05) is 32.3 Å². The molecule has 0 bridgehead atoms. The summed E-state index contributed by atoms with van der Waals surface area (Å²) in [6, 6.07) is 14.1. The van der Waals surface area contributed by atoms with Crippen molar-refractivity contribution in [3.8, 4) is 11.5 Å². The van der Waals surface area contributed by atoms with Crippen LogP contribution in [0.1, 0.15) is 0 Å². The van der Waals surface area contributed by atoms with Crippen LogP contribution in [0.5, 0.6) is 11.5 Å². The second-order valence-corrected chi connectivity index (χ2v) is 4.85. The Kier molecular flexibility index (Phi) is 5.32. The molecular formula is C16H19N3O3. The van der Waals surface area contributed by atoms with E-state index < -0.39 is 0 Å². The van der Waals surface area contributed by atoms with Gasteiger partial charge in [0.1, 0.15) is 17.2 Å². The first-order valence-corrected chi connectivity index (χ1v) is 6.99. The van der Waals surface area contributed by atoms with Crippen LogP contribution in [-0.2, 0) is 0 Å². The van der Waals surface area contributed by atoms with Crippen molar-refractivity contribution in [3.63, 3.8) is 0 Å². The third kappa shape index (κ3) is 3.95. The summed E-state index contributed by atoms with van der Waals surface area (Å²) in [5.74, 6) is 1.27. The summed E-state index contributed by atoms with van der Waals surface area (Å²) in [6.45, 7) is 1.39. The van der Waals surface area contributed by atoms with Gasteiger partial charge in [-0.1, -0.05) is 18.2 Å². The Balaban J connectivity index is 2.28. The molecule has 0 aliphatic heterocycles. The highest BCUT2D eigenvalue weighted by atomic mass is 16.6. The van der Waals surface area contributed by atoms with Gasteiger partial charge in [0.25, 0.3) is 5.69 Å². The van der Waals surface area contributed by atoms with Crippen LogP contribution in [0.25, 0.3) is 0 Å². The van der Waals surface area contributed by atoms with Crippen LogP contribution < -0.4 is 15.0 Å². The van der Waals surface area contributed by atoms with Gasteiger partial charge < -0.3 is 15.0 Å². The normalized spacial score (nSPS) is 10.3. The maximum Gasteiger partial charge on any atom is 0.292 e. The van der Waals surface area contributed by atoms with Gasteiger partial charge in [0.05, 0.1) is 4.92 Å². The van der Waals surface area contributed by atoms with Gasteiger partial charge in [-0.05, 0) is 25.2 Å². The summed E-state index contributed by atoms with van der Waals surface area (Å²) < 4.78 is 5.74. The SMILES string of the molecule is CNCCN(C)c1cc(Oc2ccccc2)ccc1[N+](=O)[O-]. The molecule has 0 saturated carbocycles. The fraction of sp³-hybridized carbons (Fsp3) is 0.250. The second kappa shape index (κ2) is 7.42. The van der Waals surface area contributed by atoms with Crippen LogP contribution >= 0.6 is 0 Å². The van der Waals surface area contributed by atoms with Crippen LogP contribution in [0.3, 0.4) is 0 Å². The van der Waals surface area contributed by atoms with Gasteiger partial charge >= 0.3 is 0 Å². The summed E-state index contributed by atoms with van der Waals surface area (Å²) in [5.41, 5.74) is 0.604. The summed E-state index contributed by atoms with van der Waals surface area (Å²) in [4.78, 5) is 12.7. The summed E-state index contributed by atoms with van der Waals surface area (Å²) in [6.07, 6.45) is 0. The maximum absolute atomic E-state index is 11.2. The molecule has 2 aromatic carbocycles. The van der Waals surface area contributed by atoms with Crippen molar-refractivity contribution in [1.29, 1.82) is 0 Å². The van der Waals surface area contributed by atoms with E-state index in [2.05, 4.69) is 5.32 Å². The number of benzene rings is 2. The van der Waals surface area contributed by atoms with Gasteiger partial charge in [-0.15, -0.1) is 0 Å². The Morgan fingerprint density at radius 3 is 2.55 bits per heavy atom. The third-order valence-electron chi connectivity index (χ3n) is 3.23. The first-order valence-electron chi connectivity index (χ1n) is 6.99. The van der Waals surface area contributed by atoms with Crippen LogP contribution in [0.4, 0.5) is 11.4 Å². The lowest BCUT2D eigenvalue weighted by molar-refractivity contribution is -0.384. The Morgan fingerprint density at radius 2 is 1.91 bits per heavy atom. The smallest absolute Gasteiger partial charge is 0.292 e. The van der Waals surface area contributed by atoms with Gasteiger partial charge in [-0.25, -0.2) is 0 Å². The minimum absolute atomic E-state index is 0.0685.